The maximum atomic E-state index is 14.2. The molecule has 0 saturated carbocycles. The molecule has 112 valence electrons. The Morgan fingerprint density at radius 1 is 1.45 bits per heavy atom. The van der Waals surface area contributed by atoms with Crippen LogP contribution in [0, 0.1) is 11.7 Å². The van der Waals surface area contributed by atoms with E-state index in [4.69, 9.17) is 10.9 Å². The quantitative estimate of drug-likeness (QED) is 0.311. The van der Waals surface area contributed by atoms with Gasteiger partial charge in [-0.1, -0.05) is 37.6 Å². The van der Waals surface area contributed by atoms with E-state index in [9.17, 15) is 4.39 Å². The van der Waals surface area contributed by atoms with Gasteiger partial charge >= 0.3 is 0 Å². The molecule has 4 nitrogen and oxygen atoms in total. The molecule has 1 aromatic rings. The van der Waals surface area contributed by atoms with Crippen molar-refractivity contribution in [2.24, 2.45) is 16.8 Å². The summed E-state index contributed by atoms with van der Waals surface area (Å²) >= 11 is 0. The van der Waals surface area contributed by atoms with Crippen molar-refractivity contribution in [3.05, 3.63) is 35.1 Å². The highest BCUT2D eigenvalue weighted by Gasteiger charge is 2.13. The van der Waals surface area contributed by atoms with Gasteiger partial charge in [0, 0.05) is 18.2 Å². The molecule has 0 aliphatic carbocycles. The van der Waals surface area contributed by atoms with Crippen LogP contribution in [-0.4, -0.2) is 17.1 Å². The first kappa shape index (κ1) is 16.4. The van der Waals surface area contributed by atoms with Crippen molar-refractivity contribution in [1.82, 2.24) is 5.32 Å². The summed E-state index contributed by atoms with van der Waals surface area (Å²) in [5.74, 6) is -0.00566. The van der Waals surface area contributed by atoms with Gasteiger partial charge in [0.2, 0.25) is 0 Å². The summed E-state index contributed by atoms with van der Waals surface area (Å²) in [6, 6.07) is 5.22. The van der Waals surface area contributed by atoms with E-state index >= 15 is 0 Å². The summed E-state index contributed by atoms with van der Waals surface area (Å²) in [5.41, 5.74) is 6.09. The summed E-state index contributed by atoms with van der Waals surface area (Å²) in [4.78, 5) is 0. The van der Waals surface area contributed by atoms with E-state index in [1.54, 1.807) is 12.1 Å². The summed E-state index contributed by atoms with van der Waals surface area (Å²) in [7, 11) is 0. The van der Waals surface area contributed by atoms with Gasteiger partial charge in [0.25, 0.3) is 0 Å². The molecule has 2 unspecified atom stereocenters. The van der Waals surface area contributed by atoms with Gasteiger partial charge in [0.1, 0.15) is 5.82 Å². The lowest BCUT2D eigenvalue weighted by Crippen LogP contribution is -2.28. The second-order valence-corrected chi connectivity index (χ2v) is 5.29. The standard InChI is InChI=1S/C15H24FN3O/c1-4-10(2)8-11(3)18-9-12-6-5-7-13(14(12)16)15(17)19-20/h5-7,10-11,18,20H,4,8-9H2,1-3H3,(H2,17,19). The van der Waals surface area contributed by atoms with E-state index in [2.05, 4.69) is 31.2 Å². The van der Waals surface area contributed by atoms with Crippen molar-refractivity contribution in [3.8, 4) is 0 Å². The lowest BCUT2D eigenvalue weighted by Gasteiger charge is -2.18. The molecule has 0 radical (unpaired) electrons. The normalized spacial score (nSPS) is 15.1. The smallest absolute Gasteiger partial charge is 0.173 e. The molecular formula is C15H24FN3O. The molecule has 0 aromatic heterocycles. The average Bonchev–Trinajstić information content (AvgIpc) is 2.45. The van der Waals surface area contributed by atoms with Gasteiger partial charge in [-0.2, -0.15) is 0 Å². The highest BCUT2D eigenvalue weighted by molar-refractivity contribution is 5.97. The van der Waals surface area contributed by atoms with E-state index < -0.39 is 5.82 Å². The van der Waals surface area contributed by atoms with Crippen LogP contribution in [0.4, 0.5) is 4.39 Å². The minimum absolute atomic E-state index is 0.126. The lowest BCUT2D eigenvalue weighted by atomic mass is 10.00. The number of nitrogens with zero attached hydrogens (tertiary/aromatic N) is 1. The highest BCUT2D eigenvalue weighted by atomic mass is 19.1. The van der Waals surface area contributed by atoms with Crippen LogP contribution in [0.5, 0.6) is 0 Å². The maximum absolute atomic E-state index is 14.2. The molecule has 0 aliphatic rings. The van der Waals surface area contributed by atoms with E-state index in [0.717, 1.165) is 12.8 Å². The number of amidine groups is 1. The average molecular weight is 281 g/mol. The molecule has 4 N–H and O–H groups in total. The molecule has 20 heavy (non-hydrogen) atoms. The minimum atomic E-state index is -0.439. The Labute approximate surface area is 119 Å². The van der Waals surface area contributed by atoms with Crippen molar-refractivity contribution in [2.75, 3.05) is 0 Å². The van der Waals surface area contributed by atoms with Crippen molar-refractivity contribution in [3.63, 3.8) is 0 Å². The SMILES string of the molecule is CCC(C)CC(C)NCc1cccc(/C(N)=N/O)c1F. The van der Waals surface area contributed by atoms with E-state index in [-0.39, 0.29) is 11.4 Å². The maximum Gasteiger partial charge on any atom is 0.173 e. The molecule has 0 spiro atoms. The molecular weight excluding hydrogens is 257 g/mol. The second kappa shape index (κ2) is 7.85. The third-order valence-corrected chi connectivity index (χ3v) is 3.56. The van der Waals surface area contributed by atoms with Crippen LogP contribution in [0.25, 0.3) is 0 Å². The predicted molar refractivity (Wildman–Crippen MR) is 79.3 cm³/mol. The van der Waals surface area contributed by atoms with Crippen LogP contribution in [0.2, 0.25) is 0 Å². The Morgan fingerprint density at radius 3 is 2.75 bits per heavy atom. The highest BCUT2D eigenvalue weighted by Crippen LogP contribution is 2.14. The van der Waals surface area contributed by atoms with Crippen molar-refractivity contribution in [1.29, 1.82) is 0 Å². The molecule has 2 atom stereocenters. The summed E-state index contributed by atoms with van der Waals surface area (Å²) in [6.07, 6.45) is 2.19. The zero-order chi connectivity index (χ0) is 15.1. The van der Waals surface area contributed by atoms with Gasteiger partial charge in [-0.3, -0.25) is 0 Å². The number of nitrogens with one attached hydrogen (secondary N) is 1. The number of oxime groups is 1. The zero-order valence-electron chi connectivity index (χ0n) is 12.4. The molecule has 0 amide bonds. The molecule has 1 aromatic carbocycles. The van der Waals surface area contributed by atoms with Gasteiger partial charge in [-0.15, -0.1) is 0 Å². The predicted octanol–water partition coefficient (Wildman–Crippen LogP) is 2.83. The zero-order valence-corrected chi connectivity index (χ0v) is 12.4. The van der Waals surface area contributed by atoms with Crippen LogP contribution < -0.4 is 11.1 Å². The van der Waals surface area contributed by atoms with Crippen LogP contribution in [0.3, 0.4) is 0 Å². The Morgan fingerprint density at radius 2 is 2.15 bits per heavy atom. The van der Waals surface area contributed by atoms with E-state index in [1.807, 2.05) is 0 Å². The van der Waals surface area contributed by atoms with Crippen molar-refractivity contribution < 1.29 is 9.60 Å². The lowest BCUT2D eigenvalue weighted by molar-refractivity contribution is 0.318. The number of rotatable bonds is 7. The van der Waals surface area contributed by atoms with Gasteiger partial charge in [0.05, 0.1) is 5.56 Å². The monoisotopic (exact) mass is 281 g/mol. The third-order valence-electron chi connectivity index (χ3n) is 3.56. The third kappa shape index (κ3) is 4.49. The Bertz CT molecular complexity index is 462. The first-order valence-electron chi connectivity index (χ1n) is 6.98. The molecule has 0 aliphatic heterocycles. The number of benzene rings is 1. The molecule has 1 rings (SSSR count). The summed E-state index contributed by atoms with van der Waals surface area (Å²) in [5, 5.41) is 14.8. The van der Waals surface area contributed by atoms with Gasteiger partial charge in [0.15, 0.2) is 5.84 Å². The molecule has 0 bridgehead atoms. The van der Waals surface area contributed by atoms with E-state index in [1.165, 1.54) is 6.07 Å². The van der Waals surface area contributed by atoms with E-state index in [0.29, 0.717) is 24.1 Å². The van der Waals surface area contributed by atoms with Crippen LogP contribution in [0.1, 0.15) is 44.7 Å². The van der Waals surface area contributed by atoms with Gasteiger partial charge < -0.3 is 16.3 Å². The molecule has 0 heterocycles. The number of halogens is 1. The number of hydrogen-bond acceptors (Lipinski definition) is 3. The summed E-state index contributed by atoms with van der Waals surface area (Å²) in [6.45, 7) is 6.89. The first-order chi connectivity index (χ1) is 9.49. The Balaban J connectivity index is 2.69. The van der Waals surface area contributed by atoms with Crippen LogP contribution in [0.15, 0.2) is 23.4 Å². The largest absolute Gasteiger partial charge is 0.409 e. The number of hydrogen-bond donors (Lipinski definition) is 3. The summed E-state index contributed by atoms with van der Waals surface area (Å²) < 4.78 is 14.2. The van der Waals surface area contributed by atoms with Crippen molar-refractivity contribution in [2.45, 2.75) is 46.2 Å². The van der Waals surface area contributed by atoms with Gasteiger partial charge in [-0.25, -0.2) is 4.39 Å². The van der Waals surface area contributed by atoms with Crippen molar-refractivity contribution >= 4 is 5.84 Å². The fraction of sp³-hybridized carbons (Fsp3) is 0.533. The Hall–Kier alpha value is -1.62. The first-order valence-corrected chi connectivity index (χ1v) is 6.98. The molecule has 0 fully saturated rings. The van der Waals surface area contributed by atoms with Gasteiger partial charge in [-0.05, 0) is 25.3 Å². The number of nitrogens with two attached hydrogens (primary N) is 1. The topological polar surface area (TPSA) is 70.6 Å². The second-order valence-electron chi connectivity index (χ2n) is 5.29. The van der Waals surface area contributed by atoms with Crippen LogP contribution in [-0.2, 0) is 6.54 Å². The minimum Gasteiger partial charge on any atom is -0.409 e. The fourth-order valence-corrected chi connectivity index (χ4v) is 2.11. The fourth-order valence-electron chi connectivity index (χ4n) is 2.11. The van der Waals surface area contributed by atoms with Crippen LogP contribution >= 0.6 is 0 Å². The Kier molecular flexibility index (Phi) is 6.45. The molecule has 0 saturated heterocycles. The molecule has 5 heteroatoms.